The first-order valence-electron chi connectivity index (χ1n) is 9.47. The van der Waals surface area contributed by atoms with Crippen molar-refractivity contribution in [3.8, 4) is 0 Å². The Morgan fingerprint density at radius 1 is 1.30 bits per heavy atom. The lowest BCUT2D eigenvalue weighted by molar-refractivity contribution is 0.0751. The minimum atomic E-state index is -0.485. The Hall–Kier alpha value is -2.67. The van der Waals surface area contributed by atoms with Crippen LogP contribution >= 0.6 is 0 Å². The molecule has 0 spiro atoms. The van der Waals surface area contributed by atoms with Crippen LogP contribution in [-0.2, 0) is 0 Å². The van der Waals surface area contributed by atoms with Crippen molar-refractivity contribution in [2.75, 3.05) is 13.1 Å². The van der Waals surface area contributed by atoms with E-state index in [4.69, 9.17) is 0 Å². The number of likely N-dealkylation sites (tertiary alicyclic amines) is 1. The molecule has 2 N–H and O–H groups in total. The number of benzene rings is 1. The molecule has 142 valence electrons. The molecule has 2 aromatic heterocycles. The van der Waals surface area contributed by atoms with E-state index in [1.165, 1.54) is 0 Å². The maximum absolute atomic E-state index is 13.0. The van der Waals surface area contributed by atoms with Gasteiger partial charge in [0.15, 0.2) is 0 Å². The molecule has 1 aliphatic rings. The number of aliphatic hydroxyl groups excluding tert-OH is 1. The lowest BCUT2D eigenvalue weighted by Crippen LogP contribution is -2.32. The number of amides is 1. The molecule has 0 unspecified atom stereocenters. The van der Waals surface area contributed by atoms with Gasteiger partial charge in [-0.3, -0.25) is 4.79 Å². The van der Waals surface area contributed by atoms with E-state index in [1.54, 1.807) is 12.5 Å². The van der Waals surface area contributed by atoms with Gasteiger partial charge in [-0.25, -0.2) is 9.97 Å². The number of nitrogens with one attached hydrogen (secondary N) is 1. The van der Waals surface area contributed by atoms with Crippen molar-refractivity contribution in [1.29, 1.82) is 0 Å². The van der Waals surface area contributed by atoms with Crippen LogP contribution in [0.15, 0.2) is 36.9 Å². The van der Waals surface area contributed by atoms with Crippen LogP contribution in [0, 0.1) is 0 Å². The lowest BCUT2D eigenvalue weighted by Gasteiger charge is -2.21. The van der Waals surface area contributed by atoms with E-state index in [1.807, 2.05) is 33.9 Å². The Balaban J connectivity index is 1.53. The van der Waals surface area contributed by atoms with E-state index < -0.39 is 6.10 Å². The number of imidazole rings is 2. The van der Waals surface area contributed by atoms with Gasteiger partial charge < -0.3 is 19.6 Å². The molecule has 1 saturated heterocycles. The van der Waals surface area contributed by atoms with Crippen LogP contribution in [0.1, 0.15) is 54.8 Å². The highest BCUT2D eigenvalue weighted by molar-refractivity contribution is 5.97. The summed E-state index contributed by atoms with van der Waals surface area (Å²) in [5, 5.41) is 10.5. The van der Waals surface area contributed by atoms with E-state index in [-0.39, 0.29) is 11.9 Å². The van der Waals surface area contributed by atoms with Gasteiger partial charge in [-0.15, -0.1) is 0 Å². The Labute approximate surface area is 158 Å². The van der Waals surface area contributed by atoms with Gasteiger partial charge in [0.1, 0.15) is 5.82 Å². The third kappa shape index (κ3) is 3.47. The highest BCUT2D eigenvalue weighted by Gasteiger charge is 2.28. The average Bonchev–Trinajstić information content (AvgIpc) is 3.29. The van der Waals surface area contributed by atoms with Gasteiger partial charge in [-0.2, -0.15) is 0 Å². The van der Waals surface area contributed by atoms with Crippen molar-refractivity contribution in [1.82, 2.24) is 24.4 Å². The average molecular weight is 367 g/mol. The molecule has 2 atom stereocenters. The molecule has 27 heavy (non-hydrogen) atoms. The first kappa shape index (κ1) is 17.7. The van der Waals surface area contributed by atoms with Crippen LogP contribution in [-0.4, -0.2) is 54.6 Å². The largest absolute Gasteiger partial charge is 0.391 e. The number of hydrogen-bond acceptors (Lipinski definition) is 4. The highest BCUT2D eigenvalue weighted by Crippen LogP contribution is 2.25. The fourth-order valence-corrected chi connectivity index (χ4v) is 3.71. The lowest BCUT2D eigenvalue weighted by atomic mass is 10.1. The molecule has 7 heteroatoms. The number of aromatic amines is 1. The Morgan fingerprint density at radius 2 is 2.11 bits per heavy atom. The number of carbonyl (C=O) groups is 1. The molecule has 7 nitrogen and oxygen atoms in total. The molecule has 1 fully saturated rings. The van der Waals surface area contributed by atoms with Crippen LogP contribution in [0.25, 0.3) is 11.0 Å². The van der Waals surface area contributed by atoms with Gasteiger partial charge in [0.05, 0.1) is 29.5 Å². The van der Waals surface area contributed by atoms with Crippen LogP contribution in [0.2, 0.25) is 0 Å². The molecule has 1 aliphatic heterocycles. The van der Waals surface area contributed by atoms with E-state index >= 15 is 0 Å². The summed E-state index contributed by atoms with van der Waals surface area (Å²) < 4.78 is 1.93. The first-order valence-corrected chi connectivity index (χ1v) is 9.47. The zero-order valence-electron chi connectivity index (χ0n) is 15.7. The number of hydrogen-bond donors (Lipinski definition) is 2. The van der Waals surface area contributed by atoms with Crippen molar-refractivity contribution < 1.29 is 9.90 Å². The van der Waals surface area contributed by atoms with Gasteiger partial charge in [0, 0.05) is 37.0 Å². The quantitative estimate of drug-likeness (QED) is 0.745. The molecule has 3 heterocycles. The van der Waals surface area contributed by atoms with Crippen molar-refractivity contribution in [3.63, 3.8) is 0 Å². The molecule has 1 amide bonds. The Bertz CT molecular complexity index is 931. The minimum absolute atomic E-state index is 0.00363. The first-order chi connectivity index (χ1) is 13.0. The predicted molar refractivity (Wildman–Crippen MR) is 103 cm³/mol. The summed E-state index contributed by atoms with van der Waals surface area (Å²) in [6.45, 7) is 5.33. The number of aromatic nitrogens is 4. The molecule has 4 rings (SSSR count). The highest BCUT2D eigenvalue weighted by atomic mass is 16.3. The second-order valence-corrected chi connectivity index (χ2v) is 7.52. The number of aliphatic hydroxyl groups is 1. The number of carbonyl (C=O) groups excluding carboxylic acids is 1. The second-order valence-electron chi connectivity index (χ2n) is 7.52. The summed E-state index contributed by atoms with van der Waals surface area (Å²) >= 11 is 0. The SMILES string of the molecule is CC(C)c1nc2ccc(C(=O)N3CC[C@H](O)[C@@H](n4ccnc4)CC3)cc2[nH]1. The predicted octanol–water partition coefficient (Wildman–Crippen LogP) is 2.72. The standard InChI is InChI=1S/C20H25N5O2/c1-13(2)19-22-15-4-3-14(11-16(15)23-19)20(27)24-8-5-17(18(26)6-9-24)25-10-7-21-12-25/h3-4,7,10-13,17-18,26H,5-6,8-9H2,1-2H3,(H,22,23)/t17-,18-/m0/s1. The fourth-order valence-electron chi connectivity index (χ4n) is 3.71. The van der Waals surface area contributed by atoms with Crippen molar-refractivity contribution in [3.05, 3.63) is 48.3 Å². The molecular formula is C20H25N5O2. The maximum Gasteiger partial charge on any atom is 0.253 e. The summed E-state index contributed by atoms with van der Waals surface area (Å²) in [6, 6.07) is 5.57. The Morgan fingerprint density at radius 3 is 2.85 bits per heavy atom. The summed E-state index contributed by atoms with van der Waals surface area (Å²) in [7, 11) is 0. The summed E-state index contributed by atoms with van der Waals surface area (Å²) in [5.74, 6) is 1.23. The number of nitrogens with zero attached hydrogens (tertiary/aromatic N) is 4. The zero-order chi connectivity index (χ0) is 19.0. The minimum Gasteiger partial charge on any atom is -0.391 e. The summed E-state index contributed by atoms with van der Waals surface area (Å²) in [6.07, 6.45) is 6.07. The van der Waals surface area contributed by atoms with E-state index in [0.29, 0.717) is 37.4 Å². The third-order valence-corrected chi connectivity index (χ3v) is 5.32. The number of H-pyrrole nitrogens is 1. The smallest absolute Gasteiger partial charge is 0.253 e. The van der Waals surface area contributed by atoms with Crippen molar-refractivity contribution in [2.24, 2.45) is 0 Å². The molecule has 0 aliphatic carbocycles. The zero-order valence-corrected chi connectivity index (χ0v) is 15.7. The van der Waals surface area contributed by atoms with Gasteiger partial charge in [0.2, 0.25) is 0 Å². The van der Waals surface area contributed by atoms with Crippen LogP contribution < -0.4 is 0 Å². The topological polar surface area (TPSA) is 87.0 Å². The van der Waals surface area contributed by atoms with Gasteiger partial charge >= 0.3 is 0 Å². The molecule has 0 bridgehead atoms. The van der Waals surface area contributed by atoms with Crippen molar-refractivity contribution >= 4 is 16.9 Å². The molecule has 3 aromatic rings. The van der Waals surface area contributed by atoms with Crippen LogP contribution in [0.4, 0.5) is 0 Å². The Kier molecular flexibility index (Phi) is 4.70. The molecule has 0 saturated carbocycles. The molecule has 0 radical (unpaired) electrons. The normalized spacial score (nSPS) is 21.0. The van der Waals surface area contributed by atoms with Gasteiger partial charge in [-0.1, -0.05) is 13.8 Å². The van der Waals surface area contributed by atoms with E-state index in [2.05, 4.69) is 28.8 Å². The number of fused-ring (bicyclic) bond motifs is 1. The molecular weight excluding hydrogens is 342 g/mol. The van der Waals surface area contributed by atoms with Crippen molar-refractivity contribution in [2.45, 2.75) is 44.8 Å². The van der Waals surface area contributed by atoms with Gasteiger partial charge in [0.25, 0.3) is 5.91 Å². The summed E-state index contributed by atoms with van der Waals surface area (Å²) in [4.78, 5) is 26.8. The van der Waals surface area contributed by atoms with Crippen LogP contribution in [0.3, 0.4) is 0 Å². The van der Waals surface area contributed by atoms with E-state index in [9.17, 15) is 9.90 Å². The van der Waals surface area contributed by atoms with Crippen LogP contribution in [0.5, 0.6) is 0 Å². The maximum atomic E-state index is 13.0. The fraction of sp³-hybridized carbons (Fsp3) is 0.450. The van der Waals surface area contributed by atoms with Gasteiger partial charge in [-0.05, 0) is 31.0 Å². The van der Waals surface area contributed by atoms with E-state index in [0.717, 1.165) is 16.9 Å². The summed E-state index contributed by atoms with van der Waals surface area (Å²) in [5.41, 5.74) is 2.41. The second kappa shape index (κ2) is 7.15. The third-order valence-electron chi connectivity index (χ3n) is 5.32. The number of rotatable bonds is 3. The molecule has 1 aromatic carbocycles. The monoisotopic (exact) mass is 367 g/mol.